The highest BCUT2D eigenvalue weighted by Gasteiger charge is 2.51. The van der Waals surface area contributed by atoms with Crippen LogP contribution >= 0.6 is 0 Å². The number of hydrogen-bond acceptors (Lipinski definition) is 3. The van der Waals surface area contributed by atoms with E-state index in [0.29, 0.717) is 11.4 Å². The molecule has 1 aliphatic carbocycles. The second-order valence-electron chi connectivity index (χ2n) is 5.17. The van der Waals surface area contributed by atoms with E-state index in [4.69, 9.17) is 5.73 Å². The molecule has 0 unspecified atom stereocenters. The van der Waals surface area contributed by atoms with Gasteiger partial charge in [0.2, 0.25) is 0 Å². The van der Waals surface area contributed by atoms with Crippen molar-refractivity contribution >= 4 is 11.6 Å². The van der Waals surface area contributed by atoms with Crippen molar-refractivity contribution in [3.8, 4) is 0 Å². The highest BCUT2D eigenvalue weighted by molar-refractivity contribution is 6.09. The summed E-state index contributed by atoms with van der Waals surface area (Å²) in [6.07, 6.45) is 3.43. The molecule has 96 valence electrons. The number of nitrogen functional groups attached to an aromatic ring is 1. The molecule has 3 rings (SSSR count). The number of aromatic nitrogens is 1. The first-order chi connectivity index (χ1) is 9.15. The number of ketones is 1. The molecule has 1 aromatic heterocycles. The van der Waals surface area contributed by atoms with Crippen LogP contribution in [0.2, 0.25) is 0 Å². The monoisotopic (exact) mass is 252 g/mol. The smallest absolute Gasteiger partial charge is 0.177 e. The van der Waals surface area contributed by atoms with E-state index in [9.17, 15) is 4.79 Å². The van der Waals surface area contributed by atoms with Gasteiger partial charge in [-0.15, -0.1) is 0 Å². The van der Waals surface area contributed by atoms with Crippen molar-refractivity contribution in [3.05, 3.63) is 59.3 Å². The van der Waals surface area contributed by atoms with Crippen LogP contribution in [-0.2, 0) is 5.41 Å². The lowest BCUT2D eigenvalue weighted by Gasteiger charge is -2.16. The minimum Gasteiger partial charge on any atom is -0.383 e. The van der Waals surface area contributed by atoms with Gasteiger partial charge in [0.15, 0.2) is 5.78 Å². The van der Waals surface area contributed by atoms with Gasteiger partial charge in [-0.1, -0.05) is 30.3 Å². The van der Waals surface area contributed by atoms with Gasteiger partial charge in [0.1, 0.15) is 5.82 Å². The normalized spacial score (nSPS) is 16.1. The minimum absolute atomic E-state index is 0.113. The molecular formula is C16H16N2O. The number of nitrogens with zero attached hydrogens (tertiary/aromatic N) is 1. The highest BCUT2D eigenvalue weighted by Crippen LogP contribution is 2.51. The Labute approximate surface area is 112 Å². The summed E-state index contributed by atoms with van der Waals surface area (Å²) in [5.74, 6) is 0.453. The van der Waals surface area contributed by atoms with Crippen LogP contribution in [0.25, 0.3) is 0 Å². The molecule has 1 heterocycles. The summed E-state index contributed by atoms with van der Waals surface area (Å²) in [6, 6.07) is 11.8. The fraction of sp³-hybridized carbons (Fsp3) is 0.250. The van der Waals surface area contributed by atoms with E-state index in [1.54, 1.807) is 6.20 Å². The van der Waals surface area contributed by atoms with Crippen molar-refractivity contribution in [2.45, 2.75) is 25.2 Å². The van der Waals surface area contributed by atoms with Crippen LogP contribution in [0.3, 0.4) is 0 Å². The standard InChI is InChI=1S/C16H16N2O/c1-11-7-10-18-15(17)13(11)14(19)16(8-9-16)12-5-3-2-4-6-12/h2-7,10H,8-9H2,1H3,(H2,17,18). The van der Waals surface area contributed by atoms with Gasteiger partial charge >= 0.3 is 0 Å². The number of nitrogens with two attached hydrogens (primary N) is 1. The lowest BCUT2D eigenvalue weighted by molar-refractivity contribution is 0.0946. The van der Waals surface area contributed by atoms with Gasteiger partial charge in [0.25, 0.3) is 0 Å². The number of rotatable bonds is 3. The van der Waals surface area contributed by atoms with Gasteiger partial charge in [0, 0.05) is 6.20 Å². The number of pyridine rings is 1. The van der Waals surface area contributed by atoms with Crippen LogP contribution in [0.15, 0.2) is 42.6 Å². The van der Waals surface area contributed by atoms with Crippen LogP contribution in [0, 0.1) is 6.92 Å². The summed E-state index contributed by atoms with van der Waals surface area (Å²) >= 11 is 0. The molecule has 0 aliphatic heterocycles. The van der Waals surface area contributed by atoms with E-state index in [2.05, 4.69) is 4.98 Å². The van der Waals surface area contributed by atoms with Crippen molar-refractivity contribution in [2.75, 3.05) is 5.73 Å². The van der Waals surface area contributed by atoms with Gasteiger partial charge in [-0.25, -0.2) is 4.98 Å². The summed E-state index contributed by atoms with van der Waals surface area (Å²) in [4.78, 5) is 16.9. The van der Waals surface area contributed by atoms with Gasteiger partial charge in [-0.05, 0) is 37.0 Å². The maximum absolute atomic E-state index is 12.9. The molecule has 1 saturated carbocycles. The van der Waals surface area contributed by atoms with Gasteiger partial charge in [-0.3, -0.25) is 4.79 Å². The molecule has 0 saturated heterocycles. The van der Waals surface area contributed by atoms with Crippen LogP contribution in [0.5, 0.6) is 0 Å². The number of benzene rings is 1. The molecule has 0 radical (unpaired) electrons. The minimum atomic E-state index is -0.372. The Morgan fingerprint density at radius 3 is 2.47 bits per heavy atom. The quantitative estimate of drug-likeness (QED) is 0.854. The molecule has 0 bridgehead atoms. The molecule has 0 amide bonds. The second kappa shape index (κ2) is 4.19. The maximum atomic E-state index is 12.9. The van der Waals surface area contributed by atoms with E-state index >= 15 is 0 Å². The third kappa shape index (κ3) is 1.82. The fourth-order valence-electron chi connectivity index (χ4n) is 2.64. The first kappa shape index (κ1) is 11.9. The number of carbonyl (C=O) groups is 1. The molecule has 2 aromatic rings. The van der Waals surface area contributed by atoms with E-state index in [1.807, 2.05) is 43.3 Å². The van der Waals surface area contributed by atoms with Crippen LogP contribution in [0.1, 0.15) is 34.3 Å². The average Bonchev–Trinajstić information content (AvgIpc) is 3.21. The molecule has 19 heavy (non-hydrogen) atoms. The Morgan fingerprint density at radius 2 is 1.89 bits per heavy atom. The van der Waals surface area contributed by atoms with E-state index < -0.39 is 0 Å². The second-order valence-corrected chi connectivity index (χ2v) is 5.17. The maximum Gasteiger partial charge on any atom is 0.177 e. The number of anilines is 1. The Morgan fingerprint density at radius 1 is 1.21 bits per heavy atom. The van der Waals surface area contributed by atoms with Crippen LogP contribution in [0.4, 0.5) is 5.82 Å². The van der Waals surface area contributed by atoms with Crippen LogP contribution < -0.4 is 5.73 Å². The summed E-state index contributed by atoms with van der Waals surface area (Å²) in [7, 11) is 0. The molecule has 1 aromatic carbocycles. The van der Waals surface area contributed by atoms with Gasteiger partial charge in [0.05, 0.1) is 11.0 Å². The Kier molecular flexibility index (Phi) is 2.63. The summed E-state index contributed by atoms with van der Waals surface area (Å²) in [6.45, 7) is 1.91. The molecule has 3 nitrogen and oxygen atoms in total. The van der Waals surface area contributed by atoms with E-state index in [1.165, 1.54) is 0 Å². The Bertz CT molecular complexity index is 610. The van der Waals surface area contributed by atoms with Crippen molar-refractivity contribution in [1.29, 1.82) is 0 Å². The predicted octanol–water partition coefficient (Wildman–Crippen LogP) is 2.89. The SMILES string of the molecule is Cc1ccnc(N)c1C(=O)C1(c2ccccc2)CC1. The third-order valence-corrected chi connectivity index (χ3v) is 3.93. The lowest BCUT2D eigenvalue weighted by Crippen LogP contribution is -2.23. The topological polar surface area (TPSA) is 56.0 Å². The first-order valence-electron chi connectivity index (χ1n) is 6.46. The number of aryl methyl sites for hydroxylation is 1. The molecule has 0 atom stereocenters. The van der Waals surface area contributed by atoms with E-state index in [-0.39, 0.29) is 11.2 Å². The van der Waals surface area contributed by atoms with Crippen molar-refractivity contribution in [3.63, 3.8) is 0 Å². The molecule has 3 heteroatoms. The number of hydrogen-bond donors (Lipinski definition) is 1. The number of Topliss-reactive ketones (excluding diaryl/α,β-unsaturated/α-hetero) is 1. The predicted molar refractivity (Wildman–Crippen MR) is 75.1 cm³/mol. The molecular weight excluding hydrogens is 236 g/mol. The summed E-state index contributed by atoms with van der Waals surface area (Å²) < 4.78 is 0. The zero-order valence-corrected chi connectivity index (χ0v) is 10.9. The largest absolute Gasteiger partial charge is 0.383 e. The van der Waals surface area contributed by atoms with Gasteiger partial charge < -0.3 is 5.73 Å². The molecule has 2 N–H and O–H groups in total. The lowest BCUT2D eigenvalue weighted by atomic mass is 9.86. The van der Waals surface area contributed by atoms with E-state index in [0.717, 1.165) is 24.0 Å². The third-order valence-electron chi connectivity index (χ3n) is 3.93. The van der Waals surface area contributed by atoms with Crippen molar-refractivity contribution in [2.24, 2.45) is 0 Å². The average molecular weight is 252 g/mol. The molecule has 1 fully saturated rings. The van der Waals surface area contributed by atoms with Crippen molar-refractivity contribution in [1.82, 2.24) is 4.98 Å². The Balaban J connectivity index is 2.06. The fourth-order valence-corrected chi connectivity index (χ4v) is 2.64. The highest BCUT2D eigenvalue weighted by atomic mass is 16.1. The van der Waals surface area contributed by atoms with Crippen LogP contribution in [-0.4, -0.2) is 10.8 Å². The summed E-state index contributed by atoms with van der Waals surface area (Å²) in [5, 5.41) is 0. The zero-order chi connectivity index (χ0) is 13.5. The molecule has 1 aliphatic rings. The summed E-state index contributed by atoms with van der Waals surface area (Å²) in [5.41, 5.74) is 8.10. The zero-order valence-electron chi connectivity index (χ0n) is 10.9. The number of carbonyl (C=O) groups excluding carboxylic acids is 1. The molecule has 0 spiro atoms. The Hall–Kier alpha value is -2.16. The van der Waals surface area contributed by atoms with Gasteiger partial charge in [-0.2, -0.15) is 0 Å². The van der Waals surface area contributed by atoms with Crippen molar-refractivity contribution < 1.29 is 4.79 Å². The first-order valence-corrected chi connectivity index (χ1v) is 6.46.